The average Bonchev–Trinajstić information content (AvgIpc) is 2.83. The smallest absolute Gasteiger partial charge is 0.158 e. The summed E-state index contributed by atoms with van der Waals surface area (Å²) in [5.41, 5.74) is 0. The standard InChI is InChI=1S/C13H23NO3/c1-4-15-13(16-5-2)8-9-14-11(3)12-7-6-10-17-12/h6-7,10-11,13-14H,4-5,8-9H2,1-3H3. The van der Waals surface area contributed by atoms with Gasteiger partial charge in [0.15, 0.2) is 6.29 Å². The monoisotopic (exact) mass is 241 g/mol. The average molecular weight is 241 g/mol. The summed E-state index contributed by atoms with van der Waals surface area (Å²) >= 11 is 0. The molecule has 0 fully saturated rings. The molecule has 0 radical (unpaired) electrons. The minimum Gasteiger partial charge on any atom is -0.468 e. The lowest BCUT2D eigenvalue weighted by Crippen LogP contribution is -2.26. The van der Waals surface area contributed by atoms with Gasteiger partial charge in [-0.15, -0.1) is 0 Å². The first-order chi connectivity index (χ1) is 8.27. The Morgan fingerprint density at radius 2 is 2.00 bits per heavy atom. The largest absolute Gasteiger partial charge is 0.468 e. The second-order valence-electron chi connectivity index (χ2n) is 3.82. The maximum Gasteiger partial charge on any atom is 0.158 e. The molecule has 17 heavy (non-hydrogen) atoms. The van der Waals surface area contributed by atoms with Crippen molar-refractivity contribution in [1.29, 1.82) is 0 Å². The maximum atomic E-state index is 5.47. The molecule has 0 saturated heterocycles. The van der Waals surface area contributed by atoms with Crippen LogP contribution in [-0.2, 0) is 9.47 Å². The fraction of sp³-hybridized carbons (Fsp3) is 0.692. The van der Waals surface area contributed by atoms with Crippen LogP contribution < -0.4 is 5.32 Å². The van der Waals surface area contributed by atoms with E-state index in [4.69, 9.17) is 13.9 Å². The highest BCUT2D eigenvalue weighted by Crippen LogP contribution is 2.12. The van der Waals surface area contributed by atoms with Crippen molar-refractivity contribution in [2.24, 2.45) is 0 Å². The van der Waals surface area contributed by atoms with E-state index in [2.05, 4.69) is 12.2 Å². The van der Waals surface area contributed by atoms with Crippen molar-refractivity contribution in [3.05, 3.63) is 24.2 Å². The fourth-order valence-electron chi connectivity index (χ4n) is 1.64. The van der Waals surface area contributed by atoms with Crippen molar-refractivity contribution in [3.63, 3.8) is 0 Å². The molecule has 1 atom stereocenters. The third-order valence-electron chi connectivity index (χ3n) is 2.51. The van der Waals surface area contributed by atoms with Gasteiger partial charge in [-0.25, -0.2) is 0 Å². The van der Waals surface area contributed by atoms with E-state index in [9.17, 15) is 0 Å². The molecular formula is C13H23NO3. The lowest BCUT2D eigenvalue weighted by Gasteiger charge is -2.18. The molecule has 1 heterocycles. The predicted molar refractivity (Wildman–Crippen MR) is 66.8 cm³/mol. The zero-order valence-corrected chi connectivity index (χ0v) is 10.9. The van der Waals surface area contributed by atoms with E-state index in [1.165, 1.54) is 0 Å². The molecule has 1 N–H and O–H groups in total. The predicted octanol–water partition coefficient (Wildman–Crippen LogP) is 2.72. The summed E-state index contributed by atoms with van der Waals surface area (Å²) in [4.78, 5) is 0. The molecule has 1 unspecified atom stereocenters. The second-order valence-corrected chi connectivity index (χ2v) is 3.82. The summed E-state index contributed by atoms with van der Waals surface area (Å²) in [6, 6.07) is 4.09. The lowest BCUT2D eigenvalue weighted by atomic mass is 10.2. The van der Waals surface area contributed by atoms with Crippen LogP contribution in [0.2, 0.25) is 0 Å². The number of rotatable bonds is 9. The Hall–Kier alpha value is -0.840. The van der Waals surface area contributed by atoms with Gasteiger partial charge in [0, 0.05) is 26.2 Å². The topological polar surface area (TPSA) is 43.6 Å². The van der Waals surface area contributed by atoms with Gasteiger partial charge in [0.05, 0.1) is 12.3 Å². The summed E-state index contributed by atoms with van der Waals surface area (Å²) in [7, 11) is 0. The molecule has 0 spiro atoms. The quantitative estimate of drug-likeness (QED) is 0.675. The molecule has 0 aromatic carbocycles. The van der Waals surface area contributed by atoms with Crippen LogP contribution in [0.25, 0.3) is 0 Å². The maximum absolute atomic E-state index is 5.47. The van der Waals surface area contributed by atoms with Crippen LogP contribution in [0.3, 0.4) is 0 Å². The first-order valence-corrected chi connectivity index (χ1v) is 6.27. The van der Waals surface area contributed by atoms with Crippen LogP contribution in [0.1, 0.15) is 39.0 Å². The van der Waals surface area contributed by atoms with E-state index >= 15 is 0 Å². The molecule has 98 valence electrons. The molecule has 0 bridgehead atoms. The second kappa shape index (κ2) is 8.28. The van der Waals surface area contributed by atoms with Crippen LogP contribution in [0.15, 0.2) is 22.8 Å². The van der Waals surface area contributed by atoms with Gasteiger partial charge in [-0.3, -0.25) is 0 Å². The van der Waals surface area contributed by atoms with E-state index in [0.29, 0.717) is 13.2 Å². The highest BCUT2D eigenvalue weighted by molar-refractivity contribution is 5.02. The molecule has 0 aliphatic carbocycles. The molecular weight excluding hydrogens is 218 g/mol. The van der Waals surface area contributed by atoms with Gasteiger partial charge in [0.25, 0.3) is 0 Å². The summed E-state index contributed by atoms with van der Waals surface area (Å²) in [6.45, 7) is 8.23. The zero-order chi connectivity index (χ0) is 12.5. The van der Waals surface area contributed by atoms with Gasteiger partial charge in [0.2, 0.25) is 0 Å². The van der Waals surface area contributed by atoms with Gasteiger partial charge < -0.3 is 19.2 Å². The van der Waals surface area contributed by atoms with Gasteiger partial charge in [-0.05, 0) is 32.9 Å². The van der Waals surface area contributed by atoms with Gasteiger partial charge in [-0.2, -0.15) is 0 Å². The van der Waals surface area contributed by atoms with Crippen LogP contribution in [0, 0.1) is 0 Å². The Bertz CT molecular complexity index is 268. The number of nitrogens with one attached hydrogen (secondary N) is 1. The molecule has 1 rings (SSSR count). The van der Waals surface area contributed by atoms with E-state index in [-0.39, 0.29) is 12.3 Å². The van der Waals surface area contributed by atoms with Crippen molar-refractivity contribution < 1.29 is 13.9 Å². The summed E-state index contributed by atoms with van der Waals surface area (Å²) < 4.78 is 16.3. The molecule has 0 aliphatic heterocycles. The first kappa shape index (κ1) is 14.2. The Kier molecular flexibility index (Phi) is 6.93. The van der Waals surface area contributed by atoms with Crippen molar-refractivity contribution in [1.82, 2.24) is 5.32 Å². The Labute approximate surface area is 103 Å². The van der Waals surface area contributed by atoms with Crippen LogP contribution in [-0.4, -0.2) is 26.0 Å². The Balaban J connectivity index is 2.21. The molecule has 0 amide bonds. The highest BCUT2D eigenvalue weighted by Gasteiger charge is 2.10. The lowest BCUT2D eigenvalue weighted by molar-refractivity contribution is -0.138. The van der Waals surface area contributed by atoms with Crippen LogP contribution in [0.5, 0.6) is 0 Å². The van der Waals surface area contributed by atoms with E-state index in [1.807, 2.05) is 26.0 Å². The molecule has 1 aromatic heterocycles. The normalized spacial score (nSPS) is 13.2. The van der Waals surface area contributed by atoms with Crippen molar-refractivity contribution in [2.45, 2.75) is 39.5 Å². The van der Waals surface area contributed by atoms with Crippen molar-refractivity contribution in [2.75, 3.05) is 19.8 Å². The summed E-state index contributed by atoms with van der Waals surface area (Å²) in [6.07, 6.45) is 2.42. The van der Waals surface area contributed by atoms with Gasteiger partial charge in [-0.1, -0.05) is 0 Å². The van der Waals surface area contributed by atoms with E-state index in [0.717, 1.165) is 18.7 Å². The third-order valence-corrected chi connectivity index (χ3v) is 2.51. The minimum atomic E-state index is -0.110. The first-order valence-electron chi connectivity index (χ1n) is 6.27. The van der Waals surface area contributed by atoms with Crippen molar-refractivity contribution >= 4 is 0 Å². The van der Waals surface area contributed by atoms with Crippen LogP contribution in [0.4, 0.5) is 0 Å². The highest BCUT2D eigenvalue weighted by atomic mass is 16.7. The number of hydrogen-bond acceptors (Lipinski definition) is 4. The number of hydrogen-bond donors (Lipinski definition) is 1. The number of furan rings is 1. The summed E-state index contributed by atoms with van der Waals surface area (Å²) in [5.74, 6) is 0.953. The van der Waals surface area contributed by atoms with E-state index < -0.39 is 0 Å². The molecule has 4 nitrogen and oxygen atoms in total. The SMILES string of the molecule is CCOC(CCNC(C)c1ccco1)OCC. The third kappa shape index (κ3) is 5.35. The van der Waals surface area contributed by atoms with Gasteiger partial charge >= 0.3 is 0 Å². The van der Waals surface area contributed by atoms with Crippen molar-refractivity contribution in [3.8, 4) is 0 Å². The summed E-state index contributed by atoms with van der Waals surface area (Å²) in [5, 5.41) is 3.38. The molecule has 4 heteroatoms. The Morgan fingerprint density at radius 3 is 2.53 bits per heavy atom. The van der Waals surface area contributed by atoms with E-state index in [1.54, 1.807) is 6.26 Å². The Morgan fingerprint density at radius 1 is 1.29 bits per heavy atom. The molecule has 1 aromatic rings. The molecule has 0 aliphatic rings. The zero-order valence-electron chi connectivity index (χ0n) is 10.9. The molecule has 0 saturated carbocycles. The van der Waals surface area contributed by atoms with Gasteiger partial charge in [0.1, 0.15) is 5.76 Å². The fourth-order valence-corrected chi connectivity index (χ4v) is 1.64. The van der Waals surface area contributed by atoms with Crippen LogP contribution >= 0.6 is 0 Å². The minimum absolute atomic E-state index is 0.110. The number of ether oxygens (including phenoxy) is 2.